The highest BCUT2D eigenvalue weighted by molar-refractivity contribution is 7.99. The fourth-order valence-corrected chi connectivity index (χ4v) is 2.98. The Hall–Kier alpha value is -1.18. The standard InChI is InChI=1S/C16H22N2OS/c1-16(12-17,18-13-4-5-13)10-3-11-20-15-8-6-14(19-2)7-9-15/h6-9,13,18H,3-5,10-11H2,1-2H3. The summed E-state index contributed by atoms with van der Waals surface area (Å²) in [5.41, 5.74) is -0.359. The Balaban J connectivity index is 1.70. The molecule has 108 valence electrons. The van der Waals surface area contributed by atoms with Gasteiger partial charge in [-0.05, 0) is 62.6 Å². The molecule has 4 heteroatoms. The maximum absolute atomic E-state index is 9.30. The van der Waals surface area contributed by atoms with Gasteiger partial charge in [-0.2, -0.15) is 5.26 Å². The van der Waals surface area contributed by atoms with E-state index in [1.54, 1.807) is 7.11 Å². The van der Waals surface area contributed by atoms with Crippen molar-refractivity contribution in [1.29, 1.82) is 5.26 Å². The Morgan fingerprint density at radius 3 is 2.65 bits per heavy atom. The average molecular weight is 290 g/mol. The van der Waals surface area contributed by atoms with E-state index in [1.165, 1.54) is 17.7 Å². The van der Waals surface area contributed by atoms with Crippen LogP contribution < -0.4 is 10.1 Å². The van der Waals surface area contributed by atoms with Crippen molar-refractivity contribution in [3.8, 4) is 11.8 Å². The van der Waals surface area contributed by atoms with Gasteiger partial charge in [0.2, 0.25) is 0 Å². The maximum Gasteiger partial charge on any atom is 0.118 e. The first kappa shape index (κ1) is 15.2. The highest BCUT2D eigenvalue weighted by Crippen LogP contribution is 2.26. The minimum Gasteiger partial charge on any atom is -0.497 e. The third-order valence-corrected chi connectivity index (χ3v) is 4.59. The number of rotatable bonds is 8. The molecule has 1 aliphatic carbocycles. The predicted molar refractivity (Wildman–Crippen MR) is 83.1 cm³/mol. The van der Waals surface area contributed by atoms with Crippen molar-refractivity contribution in [2.45, 2.75) is 49.1 Å². The largest absolute Gasteiger partial charge is 0.497 e. The van der Waals surface area contributed by atoms with Gasteiger partial charge in [0, 0.05) is 10.9 Å². The van der Waals surface area contributed by atoms with E-state index in [9.17, 15) is 5.26 Å². The fraction of sp³-hybridized carbons (Fsp3) is 0.562. The van der Waals surface area contributed by atoms with Crippen LogP contribution in [-0.4, -0.2) is 24.4 Å². The van der Waals surface area contributed by atoms with E-state index in [1.807, 2.05) is 30.8 Å². The van der Waals surface area contributed by atoms with Crippen LogP contribution in [0.1, 0.15) is 32.6 Å². The lowest BCUT2D eigenvalue weighted by atomic mass is 9.98. The molecule has 1 saturated carbocycles. The Bertz CT molecular complexity index is 464. The van der Waals surface area contributed by atoms with Gasteiger partial charge in [-0.1, -0.05) is 0 Å². The number of nitriles is 1. The molecule has 0 bridgehead atoms. The number of methoxy groups -OCH3 is 1. The predicted octanol–water partition coefficient (Wildman–Crippen LogP) is 3.60. The van der Waals surface area contributed by atoms with Gasteiger partial charge < -0.3 is 4.74 Å². The topological polar surface area (TPSA) is 45.0 Å². The summed E-state index contributed by atoms with van der Waals surface area (Å²) in [4.78, 5) is 1.25. The minimum atomic E-state index is -0.359. The van der Waals surface area contributed by atoms with Crippen LogP contribution in [0.3, 0.4) is 0 Å². The number of nitrogens with zero attached hydrogens (tertiary/aromatic N) is 1. The highest BCUT2D eigenvalue weighted by Gasteiger charge is 2.31. The average Bonchev–Trinajstić information content (AvgIpc) is 3.28. The zero-order valence-corrected chi connectivity index (χ0v) is 13.0. The summed E-state index contributed by atoms with van der Waals surface area (Å²) in [5.74, 6) is 1.93. The molecule has 0 spiro atoms. The van der Waals surface area contributed by atoms with Crippen molar-refractivity contribution in [3.05, 3.63) is 24.3 Å². The van der Waals surface area contributed by atoms with Crippen molar-refractivity contribution in [2.75, 3.05) is 12.9 Å². The van der Waals surface area contributed by atoms with Gasteiger partial charge in [-0.25, -0.2) is 0 Å². The first-order chi connectivity index (χ1) is 9.65. The Kier molecular flexibility index (Phi) is 5.33. The van der Waals surface area contributed by atoms with Crippen LogP contribution in [0.5, 0.6) is 5.75 Å². The molecular weight excluding hydrogens is 268 g/mol. The molecule has 0 radical (unpaired) electrons. The molecule has 0 saturated heterocycles. The highest BCUT2D eigenvalue weighted by atomic mass is 32.2. The lowest BCUT2D eigenvalue weighted by Gasteiger charge is -2.23. The number of ether oxygens (including phenoxy) is 1. The van der Waals surface area contributed by atoms with Crippen molar-refractivity contribution < 1.29 is 4.74 Å². The first-order valence-corrected chi connectivity index (χ1v) is 8.09. The van der Waals surface area contributed by atoms with Gasteiger partial charge in [-0.3, -0.25) is 5.32 Å². The van der Waals surface area contributed by atoms with Crippen LogP contribution in [0.15, 0.2) is 29.2 Å². The third-order valence-electron chi connectivity index (χ3n) is 3.50. The molecule has 2 rings (SSSR count). The second-order valence-corrected chi connectivity index (χ2v) is 6.66. The zero-order chi connectivity index (χ0) is 14.4. The SMILES string of the molecule is COc1ccc(SCCCC(C)(C#N)NC2CC2)cc1. The molecule has 1 atom stereocenters. The van der Waals surface area contributed by atoms with Gasteiger partial charge in [-0.15, -0.1) is 11.8 Å². The molecule has 1 aliphatic rings. The third kappa shape index (κ3) is 4.73. The number of hydrogen-bond donors (Lipinski definition) is 1. The van der Waals surface area contributed by atoms with Crippen LogP contribution in [0, 0.1) is 11.3 Å². The summed E-state index contributed by atoms with van der Waals surface area (Å²) < 4.78 is 5.14. The molecule has 0 heterocycles. The van der Waals surface area contributed by atoms with Gasteiger partial charge in [0.05, 0.1) is 13.2 Å². The van der Waals surface area contributed by atoms with E-state index in [0.29, 0.717) is 6.04 Å². The molecule has 20 heavy (non-hydrogen) atoms. The second-order valence-electron chi connectivity index (χ2n) is 5.49. The molecule has 1 aromatic rings. The monoisotopic (exact) mass is 290 g/mol. The Labute approximate surface area is 125 Å². The van der Waals surface area contributed by atoms with Gasteiger partial charge in [0.15, 0.2) is 0 Å². The summed E-state index contributed by atoms with van der Waals surface area (Å²) >= 11 is 1.83. The van der Waals surface area contributed by atoms with Crippen molar-refractivity contribution in [1.82, 2.24) is 5.32 Å². The molecule has 0 aromatic heterocycles. The van der Waals surface area contributed by atoms with E-state index in [0.717, 1.165) is 24.3 Å². The molecule has 1 aromatic carbocycles. The fourth-order valence-electron chi connectivity index (χ4n) is 2.13. The molecular formula is C16H22N2OS. The summed E-state index contributed by atoms with van der Waals surface area (Å²) in [7, 11) is 1.68. The van der Waals surface area contributed by atoms with Gasteiger partial charge in [0.1, 0.15) is 11.3 Å². The molecule has 1 unspecified atom stereocenters. The van der Waals surface area contributed by atoms with Crippen LogP contribution in [-0.2, 0) is 0 Å². The van der Waals surface area contributed by atoms with Gasteiger partial charge in [0.25, 0.3) is 0 Å². The van der Waals surface area contributed by atoms with Crippen molar-refractivity contribution >= 4 is 11.8 Å². The van der Waals surface area contributed by atoms with Crippen LogP contribution in [0.2, 0.25) is 0 Å². The lowest BCUT2D eigenvalue weighted by molar-refractivity contribution is 0.412. The van der Waals surface area contributed by atoms with Crippen molar-refractivity contribution in [3.63, 3.8) is 0 Å². The molecule has 1 N–H and O–H groups in total. The maximum atomic E-state index is 9.30. The quantitative estimate of drug-likeness (QED) is 0.587. The van der Waals surface area contributed by atoms with E-state index in [2.05, 4.69) is 23.5 Å². The number of hydrogen-bond acceptors (Lipinski definition) is 4. The Morgan fingerprint density at radius 2 is 2.10 bits per heavy atom. The summed E-state index contributed by atoms with van der Waals surface area (Å²) in [6.07, 6.45) is 4.39. The van der Waals surface area contributed by atoms with Crippen LogP contribution in [0.4, 0.5) is 0 Å². The molecule has 0 amide bonds. The van der Waals surface area contributed by atoms with Crippen LogP contribution >= 0.6 is 11.8 Å². The molecule has 3 nitrogen and oxygen atoms in total. The second kappa shape index (κ2) is 7.01. The zero-order valence-electron chi connectivity index (χ0n) is 12.2. The lowest BCUT2D eigenvalue weighted by Crippen LogP contribution is -2.42. The van der Waals surface area contributed by atoms with Gasteiger partial charge >= 0.3 is 0 Å². The Morgan fingerprint density at radius 1 is 1.40 bits per heavy atom. The van der Waals surface area contributed by atoms with E-state index in [4.69, 9.17) is 4.74 Å². The molecule has 0 aliphatic heterocycles. The first-order valence-electron chi connectivity index (χ1n) is 7.11. The smallest absolute Gasteiger partial charge is 0.118 e. The summed E-state index contributed by atoms with van der Waals surface area (Å²) in [6.45, 7) is 2.02. The van der Waals surface area contributed by atoms with E-state index < -0.39 is 0 Å². The summed E-state index contributed by atoms with van der Waals surface area (Å²) in [5, 5.41) is 12.7. The molecule has 1 fully saturated rings. The van der Waals surface area contributed by atoms with Crippen molar-refractivity contribution in [2.24, 2.45) is 0 Å². The van der Waals surface area contributed by atoms with E-state index >= 15 is 0 Å². The number of thioether (sulfide) groups is 1. The number of benzene rings is 1. The minimum absolute atomic E-state index is 0.359. The normalized spacial score (nSPS) is 17.2. The van der Waals surface area contributed by atoms with E-state index in [-0.39, 0.29) is 5.54 Å². The van der Waals surface area contributed by atoms with Crippen LogP contribution in [0.25, 0.3) is 0 Å². The summed E-state index contributed by atoms with van der Waals surface area (Å²) in [6, 6.07) is 11.1. The number of nitrogens with one attached hydrogen (secondary N) is 1.